The molecule has 0 amide bonds. The molecular weight excluding hydrogens is 356 g/mol. The standard InChI is InChI=1S/C23H32O5/c1-3-4-5-21(25)28-20-9-8-18-17-13-23(26,27)19-12-14(24)6-7-16(19)15(17)10-11-22(18,20)2/h6-7,12,15,17-18,20,24,26-27H,3-5,8-11,13H2,1-2H3/t15-,17-,18+,20+,22+/m1/s1. The lowest BCUT2D eigenvalue weighted by atomic mass is 9.54. The first-order chi connectivity index (χ1) is 13.3. The van der Waals surface area contributed by atoms with E-state index in [-0.39, 0.29) is 41.5 Å². The highest BCUT2D eigenvalue weighted by molar-refractivity contribution is 5.69. The van der Waals surface area contributed by atoms with Crippen molar-refractivity contribution in [1.82, 2.24) is 0 Å². The van der Waals surface area contributed by atoms with Gasteiger partial charge in [0.1, 0.15) is 11.9 Å². The molecule has 2 saturated carbocycles. The molecular formula is C23H32O5. The second-order valence-corrected chi connectivity index (χ2v) is 9.37. The maximum atomic E-state index is 12.2. The second-order valence-electron chi connectivity index (χ2n) is 9.37. The van der Waals surface area contributed by atoms with E-state index >= 15 is 0 Å². The fraction of sp³-hybridized carbons (Fsp3) is 0.696. The number of aromatic hydroxyl groups is 1. The summed E-state index contributed by atoms with van der Waals surface area (Å²) in [6, 6.07) is 4.98. The van der Waals surface area contributed by atoms with Crippen LogP contribution in [0.5, 0.6) is 5.75 Å². The molecule has 0 radical (unpaired) electrons. The third kappa shape index (κ3) is 3.13. The molecule has 5 nitrogen and oxygen atoms in total. The Hall–Kier alpha value is -1.59. The van der Waals surface area contributed by atoms with Crippen molar-refractivity contribution in [3.63, 3.8) is 0 Å². The highest BCUT2D eigenvalue weighted by Crippen LogP contribution is 2.63. The molecule has 1 aromatic carbocycles. The van der Waals surface area contributed by atoms with Crippen LogP contribution in [-0.2, 0) is 15.3 Å². The number of unbranched alkanes of at least 4 members (excludes halogenated alkanes) is 1. The first kappa shape index (κ1) is 19.7. The van der Waals surface area contributed by atoms with Crippen molar-refractivity contribution in [2.75, 3.05) is 0 Å². The van der Waals surface area contributed by atoms with Crippen LogP contribution >= 0.6 is 0 Å². The number of phenolic OH excluding ortho intramolecular Hbond substituents is 1. The molecule has 5 heteroatoms. The summed E-state index contributed by atoms with van der Waals surface area (Å²) in [7, 11) is 0. The average Bonchev–Trinajstić information content (AvgIpc) is 2.97. The second kappa shape index (κ2) is 7.03. The van der Waals surface area contributed by atoms with E-state index in [1.54, 1.807) is 6.07 Å². The van der Waals surface area contributed by atoms with E-state index in [0.29, 0.717) is 17.9 Å². The Morgan fingerprint density at radius 3 is 2.79 bits per heavy atom. The Morgan fingerprint density at radius 2 is 2.04 bits per heavy atom. The van der Waals surface area contributed by atoms with Gasteiger partial charge in [-0.1, -0.05) is 26.3 Å². The average molecular weight is 389 g/mol. The first-order valence-corrected chi connectivity index (χ1v) is 10.7. The summed E-state index contributed by atoms with van der Waals surface area (Å²) in [5, 5.41) is 31.3. The van der Waals surface area contributed by atoms with Gasteiger partial charge in [-0.05, 0) is 67.6 Å². The van der Waals surface area contributed by atoms with Gasteiger partial charge in [0.15, 0.2) is 5.79 Å². The van der Waals surface area contributed by atoms with Gasteiger partial charge in [-0.15, -0.1) is 0 Å². The van der Waals surface area contributed by atoms with Crippen LogP contribution in [0.1, 0.15) is 82.3 Å². The minimum atomic E-state index is -1.93. The molecule has 3 aliphatic rings. The molecule has 1 aromatic rings. The normalized spacial score (nSPS) is 35.6. The number of rotatable bonds is 4. The van der Waals surface area contributed by atoms with E-state index in [1.165, 1.54) is 6.07 Å². The summed E-state index contributed by atoms with van der Waals surface area (Å²) in [6.07, 6.45) is 6.23. The van der Waals surface area contributed by atoms with Gasteiger partial charge in [-0.25, -0.2) is 0 Å². The molecule has 2 fully saturated rings. The number of fused-ring (bicyclic) bond motifs is 5. The molecule has 28 heavy (non-hydrogen) atoms. The first-order valence-electron chi connectivity index (χ1n) is 10.7. The molecule has 3 N–H and O–H groups in total. The van der Waals surface area contributed by atoms with Gasteiger partial charge in [0.25, 0.3) is 0 Å². The lowest BCUT2D eigenvalue weighted by Gasteiger charge is -2.52. The molecule has 4 rings (SSSR count). The third-order valence-corrected chi connectivity index (χ3v) is 7.75. The summed E-state index contributed by atoms with van der Waals surface area (Å²) in [5.74, 6) is -1.26. The molecule has 154 valence electrons. The number of phenols is 1. The van der Waals surface area contributed by atoms with Crippen LogP contribution in [-0.4, -0.2) is 27.4 Å². The zero-order valence-electron chi connectivity index (χ0n) is 16.9. The fourth-order valence-corrected chi connectivity index (χ4v) is 6.30. The maximum Gasteiger partial charge on any atom is 0.306 e. The molecule has 0 heterocycles. The lowest BCUT2D eigenvalue weighted by Crippen LogP contribution is -2.48. The minimum Gasteiger partial charge on any atom is -0.508 e. The summed E-state index contributed by atoms with van der Waals surface area (Å²) < 4.78 is 5.91. The lowest BCUT2D eigenvalue weighted by molar-refractivity contribution is -0.204. The SMILES string of the molecule is CCCCC(=O)O[C@H]1CC[C@H]2[C@@H]3CC(O)(O)c4cc(O)ccc4[C@H]3CC[C@]12C. The Kier molecular flexibility index (Phi) is 4.95. The zero-order chi connectivity index (χ0) is 20.1. The van der Waals surface area contributed by atoms with Gasteiger partial charge in [-0.3, -0.25) is 4.79 Å². The van der Waals surface area contributed by atoms with Crippen LogP contribution in [0.3, 0.4) is 0 Å². The number of ether oxygens (including phenoxy) is 1. The molecule has 3 aliphatic carbocycles. The van der Waals surface area contributed by atoms with Gasteiger partial charge >= 0.3 is 5.97 Å². The van der Waals surface area contributed by atoms with E-state index < -0.39 is 5.79 Å². The van der Waals surface area contributed by atoms with Gasteiger partial charge in [0.05, 0.1) is 0 Å². The van der Waals surface area contributed by atoms with Crippen molar-refractivity contribution in [2.24, 2.45) is 17.3 Å². The van der Waals surface area contributed by atoms with Crippen LogP contribution in [0.4, 0.5) is 0 Å². The fourth-order valence-electron chi connectivity index (χ4n) is 6.30. The highest BCUT2D eigenvalue weighted by atomic mass is 16.5. The van der Waals surface area contributed by atoms with E-state index in [1.807, 2.05) is 6.07 Å². The van der Waals surface area contributed by atoms with Crippen LogP contribution in [0, 0.1) is 17.3 Å². The van der Waals surface area contributed by atoms with Crippen molar-refractivity contribution in [3.05, 3.63) is 29.3 Å². The minimum absolute atomic E-state index is 0.0604. The number of aliphatic hydroxyl groups is 2. The molecule has 0 aromatic heterocycles. The summed E-state index contributed by atoms with van der Waals surface area (Å²) in [5.41, 5.74) is 1.29. The van der Waals surface area contributed by atoms with Crippen molar-refractivity contribution in [3.8, 4) is 5.75 Å². The van der Waals surface area contributed by atoms with Crippen LogP contribution < -0.4 is 0 Å². The summed E-state index contributed by atoms with van der Waals surface area (Å²) in [6.45, 7) is 4.29. The largest absolute Gasteiger partial charge is 0.508 e. The zero-order valence-corrected chi connectivity index (χ0v) is 16.9. The number of hydrogen-bond donors (Lipinski definition) is 3. The number of esters is 1. The predicted molar refractivity (Wildman–Crippen MR) is 105 cm³/mol. The number of benzene rings is 1. The van der Waals surface area contributed by atoms with Crippen molar-refractivity contribution in [2.45, 2.75) is 83.0 Å². The van der Waals surface area contributed by atoms with Crippen LogP contribution in [0.15, 0.2) is 18.2 Å². The topological polar surface area (TPSA) is 87.0 Å². The molecule has 0 bridgehead atoms. The van der Waals surface area contributed by atoms with Crippen LogP contribution in [0.25, 0.3) is 0 Å². The summed E-state index contributed by atoms with van der Waals surface area (Å²) in [4.78, 5) is 12.2. The number of carbonyl (C=O) groups excluding carboxylic acids is 1. The molecule has 5 atom stereocenters. The predicted octanol–water partition coefficient (Wildman–Crippen LogP) is 3.95. The summed E-state index contributed by atoms with van der Waals surface area (Å²) >= 11 is 0. The van der Waals surface area contributed by atoms with Crippen molar-refractivity contribution in [1.29, 1.82) is 0 Å². The Labute approximate surface area is 166 Å². The van der Waals surface area contributed by atoms with Crippen molar-refractivity contribution < 1.29 is 24.9 Å². The quantitative estimate of drug-likeness (QED) is 0.537. The van der Waals surface area contributed by atoms with Gasteiger partial charge in [0.2, 0.25) is 0 Å². The van der Waals surface area contributed by atoms with Crippen molar-refractivity contribution >= 4 is 5.97 Å². The number of hydrogen-bond acceptors (Lipinski definition) is 5. The molecule has 0 aliphatic heterocycles. The van der Waals surface area contributed by atoms with Crippen LogP contribution in [0.2, 0.25) is 0 Å². The van der Waals surface area contributed by atoms with Gasteiger partial charge in [0, 0.05) is 23.8 Å². The number of carbonyl (C=O) groups is 1. The Morgan fingerprint density at radius 1 is 1.25 bits per heavy atom. The Balaban J connectivity index is 1.59. The molecule has 0 saturated heterocycles. The van der Waals surface area contributed by atoms with E-state index in [9.17, 15) is 20.1 Å². The molecule has 0 spiro atoms. The highest BCUT2D eigenvalue weighted by Gasteiger charge is 2.58. The van der Waals surface area contributed by atoms with E-state index in [4.69, 9.17) is 4.74 Å². The van der Waals surface area contributed by atoms with Gasteiger partial charge < -0.3 is 20.1 Å². The third-order valence-electron chi connectivity index (χ3n) is 7.75. The monoisotopic (exact) mass is 388 g/mol. The Bertz CT molecular complexity index is 757. The van der Waals surface area contributed by atoms with E-state index in [0.717, 1.165) is 44.1 Å². The smallest absolute Gasteiger partial charge is 0.306 e. The van der Waals surface area contributed by atoms with Gasteiger partial charge in [-0.2, -0.15) is 0 Å². The van der Waals surface area contributed by atoms with E-state index in [2.05, 4.69) is 13.8 Å². The molecule has 0 unspecified atom stereocenters. The maximum absolute atomic E-state index is 12.2.